The van der Waals surface area contributed by atoms with Crippen molar-refractivity contribution in [2.45, 2.75) is 52.1 Å². The zero-order valence-electron chi connectivity index (χ0n) is 13.8. The number of rotatable bonds is 4. The number of benzene rings is 2. The second-order valence-corrected chi connectivity index (χ2v) is 6.30. The molecule has 0 aliphatic carbocycles. The van der Waals surface area contributed by atoms with Crippen molar-refractivity contribution in [2.24, 2.45) is 0 Å². The second-order valence-electron chi connectivity index (χ2n) is 6.30. The summed E-state index contributed by atoms with van der Waals surface area (Å²) in [7, 11) is 0. The first kappa shape index (κ1) is 15.0. The van der Waals surface area contributed by atoms with Gasteiger partial charge < -0.3 is 10.6 Å². The van der Waals surface area contributed by atoms with Gasteiger partial charge in [0.15, 0.2) is 0 Å². The van der Waals surface area contributed by atoms with E-state index in [2.05, 4.69) is 73.9 Å². The summed E-state index contributed by atoms with van der Waals surface area (Å²) in [5.41, 5.74) is 6.68. The van der Waals surface area contributed by atoms with Crippen molar-refractivity contribution in [1.29, 1.82) is 0 Å². The topological polar surface area (TPSA) is 24.1 Å². The summed E-state index contributed by atoms with van der Waals surface area (Å²) in [5.74, 6) is 0. The van der Waals surface area contributed by atoms with Crippen LogP contribution in [-0.2, 0) is 12.8 Å². The third kappa shape index (κ3) is 3.11. The quantitative estimate of drug-likeness (QED) is 0.813. The molecule has 116 valence electrons. The Morgan fingerprint density at radius 2 is 1.68 bits per heavy atom. The van der Waals surface area contributed by atoms with Gasteiger partial charge in [-0.15, -0.1) is 0 Å². The Kier molecular flexibility index (Phi) is 4.37. The summed E-state index contributed by atoms with van der Waals surface area (Å²) in [4.78, 5) is 0. The molecule has 0 amide bonds. The molecule has 0 fully saturated rings. The van der Waals surface area contributed by atoms with Crippen molar-refractivity contribution < 1.29 is 0 Å². The molecule has 0 spiro atoms. The van der Waals surface area contributed by atoms with Gasteiger partial charge in [0.1, 0.15) is 0 Å². The van der Waals surface area contributed by atoms with E-state index < -0.39 is 0 Å². The molecule has 2 aromatic rings. The van der Waals surface area contributed by atoms with Gasteiger partial charge >= 0.3 is 0 Å². The highest BCUT2D eigenvalue weighted by molar-refractivity contribution is 5.60. The van der Waals surface area contributed by atoms with Gasteiger partial charge in [0, 0.05) is 17.4 Å². The molecule has 0 aromatic heterocycles. The molecule has 1 aliphatic rings. The summed E-state index contributed by atoms with van der Waals surface area (Å²) in [5, 5.41) is 7.34. The molecule has 2 unspecified atom stereocenters. The summed E-state index contributed by atoms with van der Waals surface area (Å²) >= 11 is 0. The Labute approximate surface area is 134 Å². The van der Waals surface area contributed by atoms with E-state index in [9.17, 15) is 0 Å². The van der Waals surface area contributed by atoms with Crippen LogP contribution in [0.15, 0.2) is 42.5 Å². The van der Waals surface area contributed by atoms with Crippen molar-refractivity contribution >= 4 is 11.4 Å². The highest BCUT2D eigenvalue weighted by atomic mass is 15.0. The van der Waals surface area contributed by atoms with E-state index in [0.29, 0.717) is 12.1 Å². The van der Waals surface area contributed by atoms with E-state index in [1.165, 1.54) is 28.1 Å². The van der Waals surface area contributed by atoms with Crippen LogP contribution < -0.4 is 10.6 Å². The van der Waals surface area contributed by atoms with E-state index in [4.69, 9.17) is 0 Å². The van der Waals surface area contributed by atoms with Crippen LogP contribution in [-0.4, -0.2) is 6.04 Å². The minimum Gasteiger partial charge on any atom is -0.382 e. The lowest BCUT2D eigenvalue weighted by molar-refractivity contribution is 0.599. The summed E-state index contributed by atoms with van der Waals surface area (Å²) in [6.07, 6.45) is 3.28. The maximum absolute atomic E-state index is 3.73. The molecule has 1 heterocycles. The van der Waals surface area contributed by atoms with E-state index in [0.717, 1.165) is 19.3 Å². The van der Waals surface area contributed by atoms with Gasteiger partial charge in [-0.1, -0.05) is 38.1 Å². The van der Waals surface area contributed by atoms with Crippen LogP contribution in [0.3, 0.4) is 0 Å². The lowest BCUT2D eigenvalue weighted by atomic mass is 9.91. The van der Waals surface area contributed by atoms with Crippen LogP contribution in [0.1, 0.15) is 49.9 Å². The fraction of sp³-hybridized carbons (Fsp3) is 0.400. The summed E-state index contributed by atoms with van der Waals surface area (Å²) < 4.78 is 0. The van der Waals surface area contributed by atoms with Crippen LogP contribution in [0.2, 0.25) is 0 Å². The van der Waals surface area contributed by atoms with E-state index >= 15 is 0 Å². The van der Waals surface area contributed by atoms with Crippen LogP contribution in [0.25, 0.3) is 0 Å². The predicted molar refractivity (Wildman–Crippen MR) is 95.7 cm³/mol. The van der Waals surface area contributed by atoms with E-state index in [-0.39, 0.29) is 0 Å². The molecule has 2 aromatic carbocycles. The standard InChI is InChI=1S/C20H26N2/c1-4-15-6-9-17(10-7-15)22-20-12-14(3)21-19-11-8-16(5-2)13-18(19)20/h6-11,13-14,20-22H,4-5,12H2,1-3H3. The summed E-state index contributed by atoms with van der Waals surface area (Å²) in [6.45, 7) is 6.66. The molecule has 2 atom stereocenters. The zero-order valence-corrected chi connectivity index (χ0v) is 13.8. The number of aryl methyl sites for hydroxylation is 2. The monoisotopic (exact) mass is 294 g/mol. The first-order valence-corrected chi connectivity index (χ1v) is 8.44. The van der Waals surface area contributed by atoms with Gasteiger partial charge in [0.05, 0.1) is 6.04 Å². The predicted octanol–water partition coefficient (Wildman–Crippen LogP) is 5.17. The third-order valence-electron chi connectivity index (χ3n) is 4.59. The van der Waals surface area contributed by atoms with E-state index in [1.54, 1.807) is 0 Å². The normalized spacial score (nSPS) is 20.1. The largest absolute Gasteiger partial charge is 0.382 e. The molecule has 1 aliphatic heterocycles. The molecule has 0 bridgehead atoms. The molecule has 3 rings (SSSR count). The zero-order chi connectivity index (χ0) is 15.5. The first-order valence-electron chi connectivity index (χ1n) is 8.44. The lowest BCUT2D eigenvalue weighted by Crippen LogP contribution is -2.29. The van der Waals surface area contributed by atoms with Gasteiger partial charge in [-0.2, -0.15) is 0 Å². The Balaban J connectivity index is 1.87. The van der Waals surface area contributed by atoms with Crippen LogP contribution >= 0.6 is 0 Å². The third-order valence-corrected chi connectivity index (χ3v) is 4.59. The molecule has 2 nitrogen and oxygen atoms in total. The van der Waals surface area contributed by atoms with Gasteiger partial charge in [-0.3, -0.25) is 0 Å². The number of fused-ring (bicyclic) bond motifs is 1. The fourth-order valence-electron chi connectivity index (χ4n) is 3.23. The second kappa shape index (κ2) is 6.43. The van der Waals surface area contributed by atoms with Crippen LogP contribution in [0.4, 0.5) is 11.4 Å². The molecule has 0 radical (unpaired) electrons. The first-order chi connectivity index (χ1) is 10.7. The molecular weight excluding hydrogens is 268 g/mol. The Morgan fingerprint density at radius 1 is 1.00 bits per heavy atom. The minimum atomic E-state index is 0.380. The number of hydrogen-bond acceptors (Lipinski definition) is 2. The number of hydrogen-bond donors (Lipinski definition) is 2. The van der Waals surface area contributed by atoms with Gasteiger partial charge in [0.2, 0.25) is 0 Å². The highest BCUT2D eigenvalue weighted by Crippen LogP contribution is 2.35. The Hall–Kier alpha value is -1.96. The Morgan fingerprint density at radius 3 is 2.36 bits per heavy atom. The van der Waals surface area contributed by atoms with Gasteiger partial charge in [-0.05, 0) is 61.1 Å². The lowest BCUT2D eigenvalue weighted by Gasteiger charge is -2.33. The molecule has 2 heteroatoms. The van der Waals surface area contributed by atoms with Crippen molar-refractivity contribution in [3.05, 3.63) is 59.2 Å². The fourth-order valence-corrected chi connectivity index (χ4v) is 3.23. The average Bonchev–Trinajstić information content (AvgIpc) is 2.55. The van der Waals surface area contributed by atoms with E-state index in [1.807, 2.05) is 0 Å². The molecule has 2 N–H and O–H groups in total. The maximum atomic E-state index is 3.73. The number of anilines is 2. The molecule has 22 heavy (non-hydrogen) atoms. The van der Waals surface area contributed by atoms with Crippen molar-refractivity contribution in [3.8, 4) is 0 Å². The molecule has 0 saturated heterocycles. The average molecular weight is 294 g/mol. The number of nitrogens with one attached hydrogen (secondary N) is 2. The summed E-state index contributed by atoms with van der Waals surface area (Å²) in [6, 6.07) is 16.5. The molecule has 0 saturated carbocycles. The van der Waals surface area contributed by atoms with Crippen molar-refractivity contribution in [3.63, 3.8) is 0 Å². The molecular formula is C20H26N2. The van der Waals surface area contributed by atoms with Crippen LogP contribution in [0, 0.1) is 0 Å². The Bertz CT molecular complexity index is 631. The highest BCUT2D eigenvalue weighted by Gasteiger charge is 2.24. The van der Waals surface area contributed by atoms with Crippen LogP contribution in [0.5, 0.6) is 0 Å². The SMILES string of the molecule is CCc1ccc(NC2CC(C)Nc3ccc(CC)cc32)cc1. The van der Waals surface area contributed by atoms with Gasteiger partial charge in [-0.25, -0.2) is 0 Å². The van der Waals surface area contributed by atoms with Crippen molar-refractivity contribution in [1.82, 2.24) is 0 Å². The smallest absolute Gasteiger partial charge is 0.0553 e. The van der Waals surface area contributed by atoms with Crippen molar-refractivity contribution in [2.75, 3.05) is 10.6 Å². The maximum Gasteiger partial charge on any atom is 0.0553 e. The minimum absolute atomic E-state index is 0.380. The van der Waals surface area contributed by atoms with Gasteiger partial charge in [0.25, 0.3) is 0 Å².